The third-order valence-electron chi connectivity index (χ3n) is 4.18. The molecular formula is C20H22ClN3O3. The number of hydrogen-bond acceptors (Lipinski definition) is 4. The summed E-state index contributed by atoms with van der Waals surface area (Å²) < 4.78 is 13.1. The van der Waals surface area contributed by atoms with Gasteiger partial charge in [0.25, 0.3) is 5.91 Å². The minimum atomic E-state index is -0.237. The molecule has 0 bridgehead atoms. The molecule has 6 nitrogen and oxygen atoms in total. The first kappa shape index (κ1) is 19.0. The summed E-state index contributed by atoms with van der Waals surface area (Å²) in [7, 11) is 1.69. The van der Waals surface area contributed by atoms with E-state index in [1.807, 2.05) is 38.1 Å². The number of nitrogens with zero attached hydrogens (tertiary/aromatic N) is 3. The molecule has 2 heterocycles. The Labute approximate surface area is 163 Å². The highest BCUT2D eigenvalue weighted by molar-refractivity contribution is 6.31. The Morgan fingerprint density at radius 3 is 2.78 bits per heavy atom. The number of carbonyl (C=O) groups excluding carboxylic acids is 1. The number of para-hydroxylation sites is 1. The molecule has 7 heteroatoms. The van der Waals surface area contributed by atoms with Crippen molar-refractivity contribution in [3.05, 3.63) is 70.4 Å². The number of benzene rings is 1. The van der Waals surface area contributed by atoms with E-state index in [0.29, 0.717) is 23.0 Å². The van der Waals surface area contributed by atoms with Crippen molar-refractivity contribution in [2.75, 3.05) is 7.05 Å². The average molecular weight is 388 g/mol. The molecule has 0 N–H and O–H groups in total. The summed E-state index contributed by atoms with van der Waals surface area (Å²) in [4.78, 5) is 14.1. The first-order valence-electron chi connectivity index (χ1n) is 8.72. The second-order valence-electron chi connectivity index (χ2n) is 6.26. The van der Waals surface area contributed by atoms with Crippen molar-refractivity contribution in [2.45, 2.75) is 33.5 Å². The summed E-state index contributed by atoms with van der Waals surface area (Å²) in [6.07, 6.45) is 1.75. The van der Waals surface area contributed by atoms with Crippen molar-refractivity contribution in [1.82, 2.24) is 14.7 Å². The highest BCUT2D eigenvalue weighted by Gasteiger charge is 2.19. The third kappa shape index (κ3) is 4.52. The summed E-state index contributed by atoms with van der Waals surface area (Å²) in [5.74, 6) is 1.40. The van der Waals surface area contributed by atoms with Gasteiger partial charge < -0.3 is 14.1 Å². The summed E-state index contributed by atoms with van der Waals surface area (Å²) in [6, 6.07) is 11.2. The first-order valence-corrected chi connectivity index (χ1v) is 9.10. The predicted molar refractivity (Wildman–Crippen MR) is 103 cm³/mol. The van der Waals surface area contributed by atoms with Gasteiger partial charge in [0.15, 0.2) is 5.76 Å². The molecule has 0 saturated heterocycles. The van der Waals surface area contributed by atoms with Crippen LogP contribution in [0.3, 0.4) is 0 Å². The van der Waals surface area contributed by atoms with Gasteiger partial charge in [-0.05, 0) is 37.6 Å². The molecule has 0 aliphatic rings. The Kier molecular flexibility index (Phi) is 5.86. The first-order chi connectivity index (χ1) is 13.0. The van der Waals surface area contributed by atoms with Crippen LogP contribution in [0.4, 0.5) is 0 Å². The SMILES string of the molecule is CCn1cc(Cl)c(CN(C)C(=O)c2ccc(COc3ccccc3C)o2)n1. The van der Waals surface area contributed by atoms with E-state index in [9.17, 15) is 4.79 Å². The van der Waals surface area contributed by atoms with E-state index in [2.05, 4.69) is 5.10 Å². The van der Waals surface area contributed by atoms with Crippen molar-refractivity contribution in [1.29, 1.82) is 0 Å². The number of furan rings is 1. The second kappa shape index (κ2) is 8.31. The fourth-order valence-electron chi connectivity index (χ4n) is 2.63. The molecule has 3 aromatic rings. The Morgan fingerprint density at radius 2 is 2.07 bits per heavy atom. The molecule has 0 spiro atoms. The van der Waals surface area contributed by atoms with Gasteiger partial charge >= 0.3 is 0 Å². The largest absolute Gasteiger partial charge is 0.485 e. The van der Waals surface area contributed by atoms with Crippen LogP contribution in [0.2, 0.25) is 5.02 Å². The minimum Gasteiger partial charge on any atom is -0.485 e. The van der Waals surface area contributed by atoms with Crippen LogP contribution in [-0.2, 0) is 19.7 Å². The number of aromatic nitrogens is 2. The average Bonchev–Trinajstić information content (AvgIpc) is 3.27. The van der Waals surface area contributed by atoms with E-state index < -0.39 is 0 Å². The van der Waals surface area contributed by atoms with Gasteiger partial charge in [0, 0.05) is 19.8 Å². The highest BCUT2D eigenvalue weighted by atomic mass is 35.5. The number of ether oxygens (including phenoxy) is 1. The molecule has 0 radical (unpaired) electrons. The molecule has 142 valence electrons. The van der Waals surface area contributed by atoms with Gasteiger partial charge in [0.2, 0.25) is 0 Å². The van der Waals surface area contributed by atoms with Crippen LogP contribution in [0, 0.1) is 6.92 Å². The zero-order valence-electron chi connectivity index (χ0n) is 15.6. The van der Waals surface area contributed by atoms with E-state index in [0.717, 1.165) is 17.9 Å². The molecule has 0 saturated carbocycles. The van der Waals surface area contributed by atoms with Gasteiger partial charge in [0.1, 0.15) is 23.8 Å². The van der Waals surface area contributed by atoms with E-state index in [1.165, 1.54) is 4.90 Å². The maximum absolute atomic E-state index is 12.6. The van der Waals surface area contributed by atoms with Gasteiger partial charge in [-0.15, -0.1) is 0 Å². The fourth-order valence-corrected chi connectivity index (χ4v) is 2.84. The lowest BCUT2D eigenvalue weighted by Crippen LogP contribution is -2.26. The van der Waals surface area contributed by atoms with Gasteiger partial charge in [-0.3, -0.25) is 9.48 Å². The van der Waals surface area contributed by atoms with E-state index in [4.69, 9.17) is 20.8 Å². The molecule has 0 aliphatic heterocycles. The van der Waals surface area contributed by atoms with E-state index in [-0.39, 0.29) is 18.3 Å². The van der Waals surface area contributed by atoms with E-state index in [1.54, 1.807) is 30.1 Å². The number of amides is 1. The maximum atomic E-state index is 12.6. The Hall–Kier alpha value is -2.73. The number of hydrogen-bond donors (Lipinski definition) is 0. The molecule has 0 atom stereocenters. The predicted octanol–water partition coefficient (Wildman–Crippen LogP) is 4.31. The van der Waals surface area contributed by atoms with Crippen molar-refractivity contribution in [2.24, 2.45) is 0 Å². The standard InChI is InChI=1S/C20H22ClN3O3/c1-4-24-11-16(21)17(22-24)12-23(3)20(25)19-10-9-15(27-19)13-26-18-8-6-5-7-14(18)2/h5-11H,4,12-13H2,1-3H3. The Balaban J connectivity index is 1.62. The molecule has 1 aromatic carbocycles. The number of rotatable bonds is 7. The quantitative estimate of drug-likeness (QED) is 0.606. The number of carbonyl (C=O) groups is 1. The van der Waals surface area contributed by atoms with Crippen molar-refractivity contribution >= 4 is 17.5 Å². The molecule has 0 unspecified atom stereocenters. The monoisotopic (exact) mass is 387 g/mol. The zero-order chi connectivity index (χ0) is 19.4. The number of aryl methyl sites for hydroxylation is 2. The van der Waals surface area contributed by atoms with Gasteiger partial charge in [0.05, 0.1) is 11.6 Å². The maximum Gasteiger partial charge on any atom is 0.289 e. The van der Waals surface area contributed by atoms with Crippen LogP contribution in [0.15, 0.2) is 47.0 Å². The summed E-state index contributed by atoms with van der Waals surface area (Å²) in [6.45, 7) is 5.24. The lowest BCUT2D eigenvalue weighted by molar-refractivity contribution is 0.0747. The fraction of sp³-hybridized carbons (Fsp3) is 0.300. The molecule has 0 aliphatic carbocycles. The van der Waals surface area contributed by atoms with Crippen LogP contribution in [0.25, 0.3) is 0 Å². The molecule has 0 fully saturated rings. The van der Waals surface area contributed by atoms with Crippen LogP contribution in [0.5, 0.6) is 5.75 Å². The lowest BCUT2D eigenvalue weighted by atomic mass is 10.2. The summed E-state index contributed by atoms with van der Waals surface area (Å²) in [5.41, 5.74) is 1.70. The van der Waals surface area contributed by atoms with Crippen LogP contribution < -0.4 is 4.74 Å². The summed E-state index contributed by atoms with van der Waals surface area (Å²) in [5, 5.41) is 4.91. The third-order valence-corrected chi connectivity index (χ3v) is 4.50. The Bertz CT molecular complexity index is 932. The molecule has 1 amide bonds. The topological polar surface area (TPSA) is 60.5 Å². The molecule has 2 aromatic heterocycles. The van der Waals surface area contributed by atoms with Crippen molar-refractivity contribution in [3.8, 4) is 5.75 Å². The lowest BCUT2D eigenvalue weighted by Gasteiger charge is -2.14. The molecule has 27 heavy (non-hydrogen) atoms. The number of halogens is 1. The van der Waals surface area contributed by atoms with Crippen LogP contribution in [-0.4, -0.2) is 27.6 Å². The van der Waals surface area contributed by atoms with Crippen LogP contribution in [0.1, 0.15) is 34.5 Å². The summed E-state index contributed by atoms with van der Waals surface area (Å²) >= 11 is 6.17. The van der Waals surface area contributed by atoms with Crippen molar-refractivity contribution < 1.29 is 13.9 Å². The second-order valence-corrected chi connectivity index (χ2v) is 6.67. The minimum absolute atomic E-state index is 0.237. The Morgan fingerprint density at radius 1 is 1.30 bits per heavy atom. The van der Waals surface area contributed by atoms with Crippen LogP contribution >= 0.6 is 11.6 Å². The van der Waals surface area contributed by atoms with Gasteiger partial charge in [-0.1, -0.05) is 29.8 Å². The van der Waals surface area contributed by atoms with Crippen molar-refractivity contribution in [3.63, 3.8) is 0 Å². The highest BCUT2D eigenvalue weighted by Crippen LogP contribution is 2.20. The molecular weight excluding hydrogens is 366 g/mol. The van der Waals surface area contributed by atoms with Gasteiger partial charge in [-0.2, -0.15) is 5.10 Å². The molecule has 3 rings (SSSR count). The smallest absolute Gasteiger partial charge is 0.289 e. The zero-order valence-corrected chi connectivity index (χ0v) is 16.4. The van der Waals surface area contributed by atoms with E-state index >= 15 is 0 Å². The normalized spacial score (nSPS) is 10.8. The van der Waals surface area contributed by atoms with Gasteiger partial charge in [-0.25, -0.2) is 0 Å².